The topological polar surface area (TPSA) is 40.7 Å². The number of rotatable bonds is 2. The van der Waals surface area contributed by atoms with Gasteiger partial charge in [-0.15, -0.1) is 26.3 Å². The van der Waals surface area contributed by atoms with Crippen LogP contribution in [0.15, 0.2) is 38.5 Å². The van der Waals surface area contributed by atoms with Crippen molar-refractivity contribution in [2.75, 3.05) is 13.7 Å². The summed E-state index contributed by atoms with van der Waals surface area (Å²) in [6, 6.07) is 0. The number of allylic oxidation sites excluding steroid dienone is 2. The predicted molar refractivity (Wildman–Crippen MR) is 98.2 cm³/mol. The van der Waals surface area contributed by atoms with E-state index in [9.17, 15) is 0 Å². The van der Waals surface area contributed by atoms with Crippen molar-refractivity contribution in [1.82, 2.24) is 0 Å². The van der Waals surface area contributed by atoms with Gasteiger partial charge >= 0.3 is 0 Å². The van der Waals surface area contributed by atoms with Crippen LogP contribution >= 0.6 is 0 Å². The van der Waals surface area contributed by atoms with Crippen molar-refractivity contribution in [1.29, 1.82) is 0 Å². The molecule has 0 fully saturated rings. The summed E-state index contributed by atoms with van der Waals surface area (Å²) in [5.41, 5.74) is 0. The van der Waals surface area contributed by atoms with Crippen LogP contribution in [0.3, 0.4) is 0 Å². The molecule has 124 valence electrons. The lowest BCUT2D eigenvalue weighted by Gasteiger charge is -1.76. The smallest absolute Gasteiger partial charge is 0.0433 e. The standard InChI is InChI=1S/C4H8.C3H8O.C3H6.2C2H6.C2H4.CH4.H2O/c2*1-3-4-2;1-3-2;3*1-2;;/h3H,1,4H2,2H3;3H2,1-2H3;3H,1H2,2H3;2*1-2H3;1-2H2;1H4;1H2. The Morgan fingerprint density at radius 3 is 1.05 bits per heavy atom. The van der Waals surface area contributed by atoms with Gasteiger partial charge in [0, 0.05) is 13.7 Å². The molecule has 2 nitrogen and oxygen atoms in total. The van der Waals surface area contributed by atoms with Crippen LogP contribution in [0.5, 0.6) is 0 Å². The summed E-state index contributed by atoms with van der Waals surface area (Å²) in [7, 11) is 1.68. The first-order valence-corrected chi connectivity index (χ1v) is 6.41. The second kappa shape index (κ2) is 261. The predicted octanol–water partition coefficient (Wildman–Crippen LogP) is 6.09. The highest BCUT2D eigenvalue weighted by Crippen LogP contribution is 1.66. The first-order valence-electron chi connectivity index (χ1n) is 6.41. The molecular formula is C17H44O2. The van der Waals surface area contributed by atoms with Crippen LogP contribution in [0.4, 0.5) is 0 Å². The second-order valence-corrected chi connectivity index (χ2v) is 1.68. The average Bonchev–Trinajstić information content (AvgIpc) is 2.46. The Hall–Kier alpha value is -0.860. The van der Waals surface area contributed by atoms with Crippen molar-refractivity contribution in [3.8, 4) is 0 Å². The van der Waals surface area contributed by atoms with Gasteiger partial charge in [0.25, 0.3) is 0 Å². The van der Waals surface area contributed by atoms with Gasteiger partial charge in [0.15, 0.2) is 0 Å². The third-order valence-electron chi connectivity index (χ3n) is 0.577. The van der Waals surface area contributed by atoms with E-state index < -0.39 is 0 Å². The summed E-state index contributed by atoms with van der Waals surface area (Å²) in [4.78, 5) is 0. The molecule has 2 N–H and O–H groups in total. The zero-order valence-electron chi connectivity index (χ0n) is 14.3. The van der Waals surface area contributed by atoms with Crippen LogP contribution in [0, 0.1) is 0 Å². The molecule has 0 spiro atoms. The van der Waals surface area contributed by atoms with Crippen LogP contribution in [-0.2, 0) is 4.74 Å². The van der Waals surface area contributed by atoms with Crippen LogP contribution in [-0.4, -0.2) is 19.2 Å². The molecule has 0 unspecified atom stereocenters. The molecule has 0 radical (unpaired) electrons. The molecule has 0 aromatic heterocycles. The number of hydrogen-bond acceptors (Lipinski definition) is 1. The lowest BCUT2D eigenvalue weighted by atomic mass is 10.5. The summed E-state index contributed by atoms with van der Waals surface area (Å²) in [5, 5.41) is 0. The first-order chi connectivity index (χ1) is 8.24. The summed E-state index contributed by atoms with van der Waals surface area (Å²) in [6.45, 7) is 27.6. The first kappa shape index (κ1) is 51.8. The highest BCUT2D eigenvalue weighted by atomic mass is 16.5. The highest BCUT2D eigenvalue weighted by Gasteiger charge is 1.51. The average molecular weight is 281 g/mol. The molecular weight excluding hydrogens is 236 g/mol. The number of methoxy groups -OCH3 is 1. The van der Waals surface area contributed by atoms with Crippen LogP contribution in [0.25, 0.3) is 0 Å². The van der Waals surface area contributed by atoms with Crippen LogP contribution in [0.1, 0.15) is 62.3 Å². The largest absolute Gasteiger partial charge is 0.412 e. The molecule has 0 aromatic rings. The van der Waals surface area contributed by atoms with Crippen molar-refractivity contribution in [2.45, 2.75) is 62.3 Å². The lowest BCUT2D eigenvalue weighted by molar-refractivity contribution is 0.215. The maximum absolute atomic E-state index is 4.54. The van der Waals surface area contributed by atoms with Gasteiger partial charge in [0.05, 0.1) is 0 Å². The van der Waals surface area contributed by atoms with Crippen LogP contribution in [0.2, 0.25) is 0 Å². The molecule has 19 heavy (non-hydrogen) atoms. The van der Waals surface area contributed by atoms with E-state index >= 15 is 0 Å². The van der Waals surface area contributed by atoms with Gasteiger partial charge in [-0.3, -0.25) is 0 Å². The molecule has 2 heteroatoms. The SMILES string of the molecule is C.C=C.C=CC.C=CCC.CC.CC.CCOC.O. The maximum atomic E-state index is 4.54. The van der Waals surface area contributed by atoms with E-state index in [-0.39, 0.29) is 12.9 Å². The molecule has 0 saturated carbocycles. The summed E-state index contributed by atoms with van der Waals surface area (Å²) >= 11 is 0. The van der Waals surface area contributed by atoms with Gasteiger partial charge in [-0.2, -0.15) is 0 Å². The van der Waals surface area contributed by atoms with Crippen molar-refractivity contribution < 1.29 is 10.2 Å². The van der Waals surface area contributed by atoms with E-state index in [0.29, 0.717) is 0 Å². The normalized spacial score (nSPS) is 4.42. The highest BCUT2D eigenvalue weighted by molar-refractivity contribution is 4.60. The monoisotopic (exact) mass is 280 g/mol. The van der Waals surface area contributed by atoms with Crippen molar-refractivity contribution in [3.05, 3.63) is 38.5 Å². The van der Waals surface area contributed by atoms with E-state index in [4.69, 9.17) is 0 Å². The summed E-state index contributed by atoms with van der Waals surface area (Å²) in [5.74, 6) is 0. The Morgan fingerprint density at radius 2 is 1.05 bits per heavy atom. The van der Waals surface area contributed by atoms with Gasteiger partial charge in [0.2, 0.25) is 0 Å². The van der Waals surface area contributed by atoms with Gasteiger partial charge in [-0.25, -0.2) is 0 Å². The lowest BCUT2D eigenvalue weighted by Crippen LogP contribution is -1.73. The maximum Gasteiger partial charge on any atom is 0.0433 e. The van der Waals surface area contributed by atoms with Gasteiger partial charge in [-0.05, 0) is 20.3 Å². The minimum Gasteiger partial charge on any atom is -0.412 e. The number of hydrogen-bond donors (Lipinski definition) is 0. The molecule has 0 rings (SSSR count). The quantitative estimate of drug-likeness (QED) is 0.564. The molecule has 0 aliphatic carbocycles. The minimum absolute atomic E-state index is 0. The fourth-order valence-corrected chi connectivity index (χ4v) is 0. The van der Waals surface area contributed by atoms with Gasteiger partial charge in [0.1, 0.15) is 0 Å². The van der Waals surface area contributed by atoms with E-state index in [1.807, 2.05) is 47.6 Å². The fraction of sp³-hybridized carbons (Fsp3) is 0.647. The Labute approximate surface area is 125 Å². The van der Waals surface area contributed by atoms with Gasteiger partial charge in [-0.1, -0.05) is 54.2 Å². The zero-order chi connectivity index (χ0) is 15.5. The Balaban J connectivity index is -0.0000000129. The summed E-state index contributed by atoms with van der Waals surface area (Å²) in [6.07, 6.45) is 4.71. The molecule has 0 aliphatic rings. The molecule has 0 amide bonds. The minimum atomic E-state index is 0. The summed E-state index contributed by atoms with van der Waals surface area (Å²) < 4.78 is 4.54. The third kappa shape index (κ3) is 3020. The Bertz CT molecular complexity index is 69.7. The van der Waals surface area contributed by atoms with E-state index in [0.717, 1.165) is 13.0 Å². The van der Waals surface area contributed by atoms with E-state index in [2.05, 4.69) is 38.0 Å². The molecule has 0 saturated heterocycles. The van der Waals surface area contributed by atoms with Crippen molar-refractivity contribution in [3.63, 3.8) is 0 Å². The van der Waals surface area contributed by atoms with Crippen LogP contribution < -0.4 is 0 Å². The second-order valence-electron chi connectivity index (χ2n) is 1.68. The van der Waals surface area contributed by atoms with E-state index in [1.54, 1.807) is 13.2 Å². The number of ether oxygens (including phenoxy) is 1. The third-order valence-corrected chi connectivity index (χ3v) is 0.577. The Morgan fingerprint density at radius 1 is 0.947 bits per heavy atom. The molecule has 0 bridgehead atoms. The zero-order valence-corrected chi connectivity index (χ0v) is 14.3. The van der Waals surface area contributed by atoms with E-state index in [1.165, 1.54) is 0 Å². The molecule has 0 heterocycles. The fourth-order valence-electron chi connectivity index (χ4n) is 0. The van der Waals surface area contributed by atoms with Crippen molar-refractivity contribution in [2.24, 2.45) is 0 Å². The molecule has 0 aliphatic heterocycles. The van der Waals surface area contributed by atoms with Gasteiger partial charge < -0.3 is 10.2 Å². The van der Waals surface area contributed by atoms with Crippen molar-refractivity contribution >= 4 is 0 Å². The molecule has 0 aromatic carbocycles. The Kier molecular flexibility index (Phi) is 711. The molecule has 0 atom stereocenters.